The average Bonchev–Trinajstić information content (AvgIpc) is 2.25. The van der Waals surface area contributed by atoms with Crippen LogP contribution in [0.25, 0.3) is 0 Å². The highest BCUT2D eigenvalue weighted by atomic mass is 19.3. The van der Waals surface area contributed by atoms with Crippen molar-refractivity contribution in [3.8, 4) is 0 Å². The summed E-state index contributed by atoms with van der Waals surface area (Å²) in [5.41, 5.74) is 5.87. The molecule has 0 atom stereocenters. The number of hydrogen-bond donors (Lipinski definition) is 2. The van der Waals surface area contributed by atoms with Gasteiger partial charge in [-0.3, -0.25) is 4.79 Å². The van der Waals surface area contributed by atoms with E-state index in [0.717, 1.165) is 5.56 Å². The summed E-state index contributed by atoms with van der Waals surface area (Å²) in [7, 11) is 0. The number of nitrogens with two attached hydrogens (primary N) is 1. The molecule has 1 rings (SSSR count). The molecule has 1 amide bonds. The number of nitrogens with one attached hydrogen (secondary N) is 1. The number of carbonyl (C=O) groups is 1. The van der Waals surface area contributed by atoms with Crippen molar-refractivity contribution in [3.63, 3.8) is 0 Å². The molecule has 3 nitrogen and oxygen atoms in total. The molecule has 3 N–H and O–H groups in total. The normalized spacial score (nSPS) is 10.7. The highest BCUT2D eigenvalue weighted by Gasteiger charge is 2.05. The largest absolute Gasteiger partial charge is 0.370 e. The van der Waals surface area contributed by atoms with Gasteiger partial charge >= 0.3 is 0 Å². The van der Waals surface area contributed by atoms with Crippen LogP contribution >= 0.6 is 0 Å². The minimum absolute atomic E-state index is 0.0147. The molecule has 1 aromatic carbocycles. The van der Waals surface area contributed by atoms with E-state index in [-0.39, 0.29) is 17.9 Å². The summed E-state index contributed by atoms with van der Waals surface area (Å²) in [6.07, 6.45) is -2.16. The summed E-state index contributed by atoms with van der Waals surface area (Å²) in [4.78, 5) is 10.4. The van der Waals surface area contributed by atoms with E-state index < -0.39 is 6.43 Å². The van der Waals surface area contributed by atoms with Crippen molar-refractivity contribution < 1.29 is 13.6 Å². The number of rotatable bonds is 6. The van der Waals surface area contributed by atoms with E-state index in [2.05, 4.69) is 5.32 Å². The number of alkyl halides is 2. The summed E-state index contributed by atoms with van der Waals surface area (Å²) in [6, 6.07) is 6.07. The SMILES string of the molecule is NC(=O)CCNCc1ccc(C(F)F)cc1. The van der Waals surface area contributed by atoms with Crippen molar-refractivity contribution in [2.45, 2.75) is 19.4 Å². The average molecular weight is 228 g/mol. The zero-order valence-electron chi connectivity index (χ0n) is 8.75. The summed E-state index contributed by atoms with van der Waals surface area (Å²) in [5, 5.41) is 2.99. The number of amides is 1. The molecular weight excluding hydrogens is 214 g/mol. The lowest BCUT2D eigenvalue weighted by Crippen LogP contribution is -2.21. The van der Waals surface area contributed by atoms with Gasteiger partial charge in [0.1, 0.15) is 0 Å². The molecule has 0 aliphatic carbocycles. The van der Waals surface area contributed by atoms with Crippen LogP contribution in [0.5, 0.6) is 0 Å². The van der Waals surface area contributed by atoms with Crippen molar-refractivity contribution in [2.24, 2.45) is 5.73 Å². The smallest absolute Gasteiger partial charge is 0.263 e. The number of halogens is 2. The number of hydrogen-bond acceptors (Lipinski definition) is 2. The summed E-state index contributed by atoms with van der Waals surface area (Å²) in [6.45, 7) is 1.03. The van der Waals surface area contributed by atoms with E-state index in [1.54, 1.807) is 12.1 Å². The van der Waals surface area contributed by atoms with Crippen molar-refractivity contribution >= 4 is 5.91 Å². The Morgan fingerprint density at radius 1 is 1.31 bits per heavy atom. The zero-order valence-corrected chi connectivity index (χ0v) is 8.75. The third kappa shape index (κ3) is 4.35. The minimum Gasteiger partial charge on any atom is -0.370 e. The number of primary amides is 1. The van der Waals surface area contributed by atoms with E-state index in [4.69, 9.17) is 5.73 Å². The van der Waals surface area contributed by atoms with Gasteiger partial charge in [0.2, 0.25) is 5.91 Å². The fraction of sp³-hybridized carbons (Fsp3) is 0.364. The standard InChI is InChI=1S/C11H14F2N2O/c12-11(13)9-3-1-8(2-4-9)7-15-6-5-10(14)16/h1-4,11,15H,5-7H2,(H2,14,16). The first-order chi connectivity index (χ1) is 7.59. The Hall–Kier alpha value is -1.49. The molecule has 0 aliphatic heterocycles. The fourth-order valence-corrected chi connectivity index (χ4v) is 1.23. The molecular formula is C11H14F2N2O. The Morgan fingerprint density at radius 2 is 1.94 bits per heavy atom. The zero-order chi connectivity index (χ0) is 12.0. The molecule has 0 aliphatic rings. The van der Waals surface area contributed by atoms with Gasteiger partial charge in [0, 0.05) is 25.1 Å². The van der Waals surface area contributed by atoms with Gasteiger partial charge in [0.25, 0.3) is 6.43 Å². The summed E-state index contributed by atoms with van der Waals surface area (Å²) >= 11 is 0. The predicted octanol–water partition coefficient (Wildman–Crippen LogP) is 1.59. The Kier molecular flexibility index (Phi) is 4.85. The molecule has 88 valence electrons. The van der Waals surface area contributed by atoms with E-state index in [1.165, 1.54) is 12.1 Å². The lowest BCUT2D eigenvalue weighted by Gasteiger charge is -2.05. The Labute approximate surface area is 92.6 Å². The van der Waals surface area contributed by atoms with Crippen LogP contribution in [0.4, 0.5) is 8.78 Å². The summed E-state index contributed by atoms with van der Waals surface area (Å²) < 4.78 is 24.5. The van der Waals surface area contributed by atoms with Crippen LogP contribution in [0.2, 0.25) is 0 Å². The lowest BCUT2D eigenvalue weighted by molar-refractivity contribution is -0.117. The third-order valence-electron chi connectivity index (χ3n) is 2.11. The van der Waals surface area contributed by atoms with Gasteiger partial charge in [-0.1, -0.05) is 24.3 Å². The van der Waals surface area contributed by atoms with Crippen LogP contribution in [0.15, 0.2) is 24.3 Å². The van der Waals surface area contributed by atoms with Gasteiger partial charge in [-0.25, -0.2) is 8.78 Å². The van der Waals surface area contributed by atoms with E-state index >= 15 is 0 Å². The first-order valence-electron chi connectivity index (χ1n) is 4.95. The van der Waals surface area contributed by atoms with Gasteiger partial charge < -0.3 is 11.1 Å². The molecule has 0 aromatic heterocycles. The predicted molar refractivity (Wildman–Crippen MR) is 56.9 cm³/mol. The van der Waals surface area contributed by atoms with E-state index in [0.29, 0.717) is 13.1 Å². The third-order valence-corrected chi connectivity index (χ3v) is 2.11. The Balaban J connectivity index is 2.35. The second-order valence-electron chi connectivity index (χ2n) is 3.44. The fourth-order valence-electron chi connectivity index (χ4n) is 1.23. The quantitative estimate of drug-likeness (QED) is 0.726. The number of benzene rings is 1. The first-order valence-corrected chi connectivity index (χ1v) is 4.95. The van der Waals surface area contributed by atoms with Crippen LogP contribution < -0.4 is 11.1 Å². The van der Waals surface area contributed by atoms with Gasteiger partial charge in [-0.15, -0.1) is 0 Å². The van der Waals surface area contributed by atoms with Gasteiger partial charge in [-0.05, 0) is 5.56 Å². The van der Waals surface area contributed by atoms with Crippen LogP contribution in [0.3, 0.4) is 0 Å². The maximum absolute atomic E-state index is 12.2. The topological polar surface area (TPSA) is 55.1 Å². The lowest BCUT2D eigenvalue weighted by atomic mass is 10.1. The maximum Gasteiger partial charge on any atom is 0.263 e. The maximum atomic E-state index is 12.2. The molecule has 0 unspecified atom stereocenters. The Bertz CT molecular complexity index is 338. The second-order valence-corrected chi connectivity index (χ2v) is 3.44. The highest BCUT2D eigenvalue weighted by molar-refractivity contribution is 5.73. The highest BCUT2D eigenvalue weighted by Crippen LogP contribution is 2.18. The van der Waals surface area contributed by atoms with Crippen LogP contribution in [-0.4, -0.2) is 12.5 Å². The number of carbonyl (C=O) groups excluding carboxylic acids is 1. The van der Waals surface area contributed by atoms with Crippen LogP contribution in [0, 0.1) is 0 Å². The molecule has 0 saturated heterocycles. The molecule has 0 bridgehead atoms. The molecule has 16 heavy (non-hydrogen) atoms. The second kappa shape index (κ2) is 6.17. The summed E-state index contributed by atoms with van der Waals surface area (Å²) in [5.74, 6) is -0.361. The van der Waals surface area contributed by atoms with Crippen LogP contribution in [-0.2, 0) is 11.3 Å². The van der Waals surface area contributed by atoms with Crippen molar-refractivity contribution in [3.05, 3.63) is 35.4 Å². The van der Waals surface area contributed by atoms with Gasteiger partial charge in [-0.2, -0.15) is 0 Å². The molecule has 0 heterocycles. The van der Waals surface area contributed by atoms with Gasteiger partial charge in [0.15, 0.2) is 0 Å². The molecule has 1 aromatic rings. The first kappa shape index (κ1) is 12.6. The molecule has 0 spiro atoms. The monoisotopic (exact) mass is 228 g/mol. The molecule has 0 fully saturated rings. The van der Waals surface area contributed by atoms with Crippen molar-refractivity contribution in [1.82, 2.24) is 5.32 Å². The van der Waals surface area contributed by atoms with E-state index in [9.17, 15) is 13.6 Å². The molecule has 5 heteroatoms. The van der Waals surface area contributed by atoms with Crippen molar-refractivity contribution in [2.75, 3.05) is 6.54 Å². The molecule has 0 radical (unpaired) electrons. The van der Waals surface area contributed by atoms with Crippen molar-refractivity contribution in [1.29, 1.82) is 0 Å². The van der Waals surface area contributed by atoms with Crippen LogP contribution in [0.1, 0.15) is 24.0 Å². The minimum atomic E-state index is -2.43. The van der Waals surface area contributed by atoms with E-state index in [1.807, 2.05) is 0 Å². The molecule has 0 saturated carbocycles. The van der Waals surface area contributed by atoms with Gasteiger partial charge in [0.05, 0.1) is 0 Å². The Morgan fingerprint density at radius 3 is 2.44 bits per heavy atom.